The molecule has 3 N–H and O–H groups in total. The van der Waals surface area contributed by atoms with Crippen LogP contribution in [0.4, 0.5) is 4.39 Å². The van der Waals surface area contributed by atoms with Gasteiger partial charge < -0.3 is 0 Å². The van der Waals surface area contributed by atoms with Gasteiger partial charge in [0, 0.05) is 0 Å². The second-order valence-corrected chi connectivity index (χ2v) is 8.89. The average molecular weight is 446 g/mol. The summed E-state index contributed by atoms with van der Waals surface area (Å²) in [5, 5.41) is 8.52. The number of hydrogen-bond acceptors (Lipinski definition) is 3. The molecule has 0 radical (unpaired) electrons. The number of halogens is 2. The molecule has 0 aliphatic rings. The molecule has 9 heteroatoms. The van der Waals surface area contributed by atoms with E-state index in [9.17, 15) is 17.6 Å². The van der Waals surface area contributed by atoms with Crippen LogP contribution in [0, 0.1) is 12.7 Å². The monoisotopic (exact) mass is 445 g/mol. The van der Waals surface area contributed by atoms with Crippen molar-refractivity contribution >= 4 is 32.5 Å². The molecule has 0 saturated carbocycles. The van der Waals surface area contributed by atoms with Gasteiger partial charge in [0.25, 0.3) is 5.56 Å². The minimum atomic E-state index is -3.94. The molecule has 154 valence electrons. The summed E-state index contributed by atoms with van der Waals surface area (Å²) in [7, 11) is -3.94. The number of aromatic amines is 1. The first-order chi connectivity index (χ1) is 14.1. The number of fused-ring (bicyclic) bond motifs is 1. The van der Waals surface area contributed by atoms with Gasteiger partial charge in [-0.2, -0.15) is 0 Å². The molecule has 0 fully saturated rings. The van der Waals surface area contributed by atoms with Crippen LogP contribution in [0.3, 0.4) is 0 Å². The van der Waals surface area contributed by atoms with Crippen LogP contribution in [-0.4, -0.2) is 18.2 Å². The Kier molecular flexibility index (Phi) is 5.01. The Bertz CT molecular complexity index is 1440. The van der Waals surface area contributed by atoms with Gasteiger partial charge in [0.2, 0.25) is 10.0 Å². The number of benzene rings is 3. The van der Waals surface area contributed by atoms with E-state index in [4.69, 9.17) is 16.7 Å². The quantitative estimate of drug-likeness (QED) is 0.500. The lowest BCUT2D eigenvalue weighted by Crippen LogP contribution is -2.13. The fourth-order valence-corrected chi connectivity index (χ4v) is 4.60. The Labute approximate surface area is 176 Å². The Morgan fingerprint density at radius 1 is 1.10 bits per heavy atom. The van der Waals surface area contributed by atoms with E-state index in [1.54, 1.807) is 41.9 Å². The second-order valence-electron chi connectivity index (χ2n) is 6.98. The number of aromatic nitrogens is 2. The molecule has 1 heterocycles. The molecule has 0 saturated heterocycles. The molecule has 4 aromatic rings. The van der Waals surface area contributed by atoms with Gasteiger partial charge in [0.1, 0.15) is 10.7 Å². The number of nitrogens with two attached hydrogens (primary N) is 1. The minimum Gasteiger partial charge on any atom is -0.280 e. The van der Waals surface area contributed by atoms with Crippen LogP contribution in [0.5, 0.6) is 0 Å². The van der Waals surface area contributed by atoms with E-state index < -0.39 is 10.0 Å². The number of H-pyrrole nitrogens is 1. The Hall–Kier alpha value is -2.94. The highest BCUT2D eigenvalue weighted by atomic mass is 35.5. The van der Waals surface area contributed by atoms with Gasteiger partial charge in [-0.3, -0.25) is 14.6 Å². The standard InChI is InChI=1S/C21H17ClFN3O3S/c1-12-16(7-9-19(20(12)22)30(24,28)29)14-4-8-18-17(10-14)21(27)25-26(18)11-13-2-5-15(23)6-3-13/h2-10H,11H2,1H3,(H,25,27)(H2,24,28,29). The third-order valence-corrected chi connectivity index (χ3v) is 6.54. The fraction of sp³-hybridized carbons (Fsp3) is 0.0952. The summed E-state index contributed by atoms with van der Waals surface area (Å²) in [6.45, 7) is 2.08. The van der Waals surface area contributed by atoms with Gasteiger partial charge >= 0.3 is 0 Å². The zero-order valence-corrected chi connectivity index (χ0v) is 17.4. The Morgan fingerprint density at radius 2 is 1.80 bits per heavy atom. The topological polar surface area (TPSA) is 97.9 Å². The van der Waals surface area contributed by atoms with E-state index >= 15 is 0 Å². The second kappa shape index (κ2) is 7.39. The van der Waals surface area contributed by atoms with Crippen molar-refractivity contribution in [3.63, 3.8) is 0 Å². The Balaban J connectivity index is 1.78. The fourth-order valence-electron chi connectivity index (χ4n) is 3.45. The lowest BCUT2D eigenvalue weighted by Gasteiger charge is -2.11. The van der Waals surface area contributed by atoms with Gasteiger partial charge in [0.15, 0.2) is 0 Å². The van der Waals surface area contributed by atoms with Crippen LogP contribution < -0.4 is 10.7 Å². The first-order valence-corrected chi connectivity index (χ1v) is 10.9. The molecule has 0 aliphatic carbocycles. The molecule has 1 aromatic heterocycles. The molecule has 0 atom stereocenters. The van der Waals surface area contributed by atoms with E-state index in [1.807, 2.05) is 6.07 Å². The predicted octanol–water partition coefficient (Wildman–Crippen LogP) is 3.79. The van der Waals surface area contributed by atoms with Gasteiger partial charge in [0.05, 0.1) is 22.5 Å². The average Bonchev–Trinajstić information content (AvgIpc) is 3.00. The number of hydrogen-bond donors (Lipinski definition) is 2. The summed E-state index contributed by atoms with van der Waals surface area (Å²) in [5.74, 6) is -0.322. The summed E-state index contributed by atoms with van der Waals surface area (Å²) in [4.78, 5) is 12.4. The van der Waals surface area contributed by atoms with E-state index in [0.717, 1.165) is 5.56 Å². The molecule has 0 aliphatic heterocycles. The van der Waals surface area contributed by atoms with E-state index in [0.29, 0.717) is 34.1 Å². The van der Waals surface area contributed by atoms with Gasteiger partial charge in [-0.25, -0.2) is 17.9 Å². The van der Waals surface area contributed by atoms with Crippen molar-refractivity contribution in [3.05, 3.63) is 86.9 Å². The highest BCUT2D eigenvalue weighted by Gasteiger charge is 2.18. The lowest BCUT2D eigenvalue weighted by atomic mass is 9.99. The maximum Gasteiger partial charge on any atom is 0.272 e. The van der Waals surface area contributed by atoms with E-state index in [-0.39, 0.29) is 21.3 Å². The molecule has 0 spiro atoms. The van der Waals surface area contributed by atoms with Crippen LogP contribution in [0.15, 0.2) is 64.3 Å². The van der Waals surface area contributed by atoms with Crippen molar-refractivity contribution < 1.29 is 12.8 Å². The van der Waals surface area contributed by atoms with E-state index in [1.165, 1.54) is 18.2 Å². The molecule has 3 aromatic carbocycles. The highest BCUT2D eigenvalue weighted by Crippen LogP contribution is 2.33. The molecule has 0 amide bonds. The van der Waals surface area contributed by atoms with Crippen LogP contribution in [0.1, 0.15) is 11.1 Å². The summed E-state index contributed by atoms with van der Waals surface area (Å²) in [6, 6.07) is 14.4. The predicted molar refractivity (Wildman–Crippen MR) is 115 cm³/mol. The molecule has 6 nitrogen and oxygen atoms in total. The molecular weight excluding hydrogens is 429 g/mol. The van der Waals surface area contributed by atoms with Gasteiger partial charge in [-0.15, -0.1) is 0 Å². The number of rotatable bonds is 4. The third-order valence-electron chi connectivity index (χ3n) is 4.99. The SMILES string of the molecule is Cc1c(-c2ccc3c(c2)c(=O)[nH]n3Cc2ccc(F)cc2)ccc(S(N)(=O)=O)c1Cl. The molecular formula is C21H17ClFN3O3S. The van der Waals surface area contributed by atoms with Crippen molar-refractivity contribution in [1.29, 1.82) is 0 Å². The summed E-state index contributed by atoms with van der Waals surface area (Å²) >= 11 is 6.23. The van der Waals surface area contributed by atoms with Crippen molar-refractivity contribution in [2.45, 2.75) is 18.4 Å². The van der Waals surface area contributed by atoms with Gasteiger partial charge in [-0.05, 0) is 59.5 Å². The summed E-state index contributed by atoms with van der Waals surface area (Å²) < 4.78 is 38.2. The number of primary sulfonamides is 1. The molecule has 0 bridgehead atoms. The zero-order chi connectivity index (χ0) is 21.6. The van der Waals surface area contributed by atoms with Crippen molar-refractivity contribution in [1.82, 2.24) is 9.78 Å². The first kappa shape index (κ1) is 20.3. The van der Waals surface area contributed by atoms with Crippen LogP contribution in [0.2, 0.25) is 5.02 Å². The summed E-state index contributed by atoms with van der Waals surface area (Å²) in [5.41, 5.74) is 3.23. The largest absolute Gasteiger partial charge is 0.280 e. The van der Waals surface area contributed by atoms with E-state index in [2.05, 4.69) is 5.10 Å². The molecule has 4 rings (SSSR count). The summed E-state index contributed by atoms with van der Waals surface area (Å²) in [6.07, 6.45) is 0. The van der Waals surface area contributed by atoms with Crippen LogP contribution in [0.25, 0.3) is 22.0 Å². The zero-order valence-electron chi connectivity index (χ0n) is 15.8. The number of nitrogens with zero attached hydrogens (tertiary/aromatic N) is 1. The normalized spacial score (nSPS) is 11.9. The van der Waals surface area contributed by atoms with Crippen LogP contribution in [-0.2, 0) is 16.6 Å². The minimum absolute atomic E-state index is 0.0536. The molecule has 0 unspecified atom stereocenters. The van der Waals surface area contributed by atoms with Crippen molar-refractivity contribution in [2.24, 2.45) is 5.14 Å². The molecule has 30 heavy (non-hydrogen) atoms. The number of nitrogens with one attached hydrogen (secondary N) is 1. The number of sulfonamides is 1. The Morgan fingerprint density at radius 3 is 2.47 bits per heavy atom. The smallest absolute Gasteiger partial charge is 0.272 e. The first-order valence-electron chi connectivity index (χ1n) is 8.94. The van der Waals surface area contributed by atoms with Gasteiger partial charge in [-0.1, -0.05) is 35.9 Å². The van der Waals surface area contributed by atoms with Crippen LogP contribution >= 0.6 is 11.6 Å². The maximum absolute atomic E-state index is 13.1. The third kappa shape index (κ3) is 3.65. The van der Waals surface area contributed by atoms with Crippen molar-refractivity contribution in [3.8, 4) is 11.1 Å². The maximum atomic E-state index is 13.1. The highest BCUT2D eigenvalue weighted by molar-refractivity contribution is 7.89. The lowest BCUT2D eigenvalue weighted by molar-refractivity contribution is 0.598. The van der Waals surface area contributed by atoms with Crippen molar-refractivity contribution in [2.75, 3.05) is 0 Å².